The third-order valence-corrected chi connectivity index (χ3v) is 5.31. The number of carbonyl (C=O) groups is 1. The van der Waals surface area contributed by atoms with Gasteiger partial charge in [0.05, 0.1) is 18.6 Å². The summed E-state index contributed by atoms with van der Waals surface area (Å²) in [6.07, 6.45) is 0.218. The molecule has 1 amide bonds. The van der Waals surface area contributed by atoms with E-state index in [0.717, 1.165) is 6.26 Å². The summed E-state index contributed by atoms with van der Waals surface area (Å²) in [5.74, 6) is -0.246. The Labute approximate surface area is 125 Å². The Balaban J connectivity index is 2.76. The van der Waals surface area contributed by atoms with Crippen LogP contribution in [0.4, 0.5) is 4.79 Å². The zero-order valence-electron chi connectivity index (χ0n) is 12.5. The molecule has 0 spiro atoms. The maximum absolute atomic E-state index is 11.9. The van der Waals surface area contributed by atoms with Gasteiger partial charge in [-0.05, 0) is 20.8 Å². The highest BCUT2D eigenvalue weighted by Crippen LogP contribution is 2.17. The lowest BCUT2D eigenvalue weighted by atomic mass is 10.2. The molecule has 124 valence electrons. The number of ether oxygens (including phenoxy) is 1. The van der Waals surface area contributed by atoms with Gasteiger partial charge in [0.25, 0.3) is 10.1 Å². The van der Waals surface area contributed by atoms with Crippen molar-refractivity contribution >= 4 is 26.0 Å². The number of rotatable bonds is 3. The van der Waals surface area contributed by atoms with E-state index in [-0.39, 0.29) is 18.8 Å². The number of hydrogen-bond donors (Lipinski definition) is 0. The van der Waals surface area contributed by atoms with Crippen molar-refractivity contribution in [3.8, 4) is 0 Å². The van der Waals surface area contributed by atoms with Crippen LogP contribution < -0.4 is 0 Å². The average Bonchev–Trinajstić information content (AvgIpc) is 2.23. The average molecular weight is 343 g/mol. The Morgan fingerprint density at radius 1 is 1.33 bits per heavy atom. The van der Waals surface area contributed by atoms with Gasteiger partial charge in [-0.25, -0.2) is 13.2 Å². The van der Waals surface area contributed by atoms with Gasteiger partial charge < -0.3 is 9.64 Å². The molecule has 0 N–H and O–H groups in total. The van der Waals surface area contributed by atoms with Crippen LogP contribution in [0.1, 0.15) is 20.8 Å². The second-order valence-corrected chi connectivity index (χ2v) is 9.95. The van der Waals surface area contributed by atoms with Crippen molar-refractivity contribution in [3.05, 3.63) is 0 Å². The zero-order chi connectivity index (χ0) is 16.5. The molecule has 1 fully saturated rings. The van der Waals surface area contributed by atoms with Crippen molar-refractivity contribution < 1.29 is 30.6 Å². The van der Waals surface area contributed by atoms with Gasteiger partial charge in [-0.2, -0.15) is 8.42 Å². The number of carbonyl (C=O) groups excluding carboxylic acids is 1. The Hall–Kier alpha value is -0.870. The first-order valence-electron chi connectivity index (χ1n) is 6.34. The lowest BCUT2D eigenvalue weighted by Gasteiger charge is -2.33. The summed E-state index contributed by atoms with van der Waals surface area (Å²) in [5, 5.41) is -1.08. The Bertz CT molecular complexity index is 589. The molecule has 1 aliphatic rings. The fourth-order valence-corrected chi connectivity index (χ4v) is 3.69. The van der Waals surface area contributed by atoms with Crippen molar-refractivity contribution in [3.63, 3.8) is 0 Å². The third-order valence-electron chi connectivity index (χ3n) is 2.70. The molecular weight excluding hydrogens is 322 g/mol. The van der Waals surface area contributed by atoms with Crippen LogP contribution >= 0.6 is 0 Å². The van der Waals surface area contributed by atoms with Gasteiger partial charge in [-0.1, -0.05) is 0 Å². The topological polar surface area (TPSA) is 107 Å². The van der Waals surface area contributed by atoms with Gasteiger partial charge >= 0.3 is 6.09 Å². The van der Waals surface area contributed by atoms with E-state index in [1.807, 2.05) is 0 Å². The third kappa shape index (κ3) is 6.18. The first-order chi connectivity index (χ1) is 9.30. The Kier molecular flexibility index (Phi) is 5.27. The molecule has 0 radical (unpaired) electrons. The molecule has 0 aromatic rings. The molecule has 0 aliphatic carbocycles. The minimum absolute atomic E-state index is 0.0205. The van der Waals surface area contributed by atoms with Crippen LogP contribution in [0.25, 0.3) is 0 Å². The maximum Gasteiger partial charge on any atom is 0.410 e. The monoisotopic (exact) mass is 343 g/mol. The van der Waals surface area contributed by atoms with E-state index in [2.05, 4.69) is 4.18 Å². The van der Waals surface area contributed by atoms with Crippen LogP contribution in [0.2, 0.25) is 0 Å². The summed E-state index contributed by atoms with van der Waals surface area (Å²) in [7, 11) is -7.23. The molecule has 1 heterocycles. The quantitative estimate of drug-likeness (QED) is 0.664. The second-order valence-electron chi connectivity index (χ2n) is 5.90. The van der Waals surface area contributed by atoms with Gasteiger partial charge in [0.2, 0.25) is 0 Å². The van der Waals surface area contributed by atoms with E-state index < -0.39 is 43.5 Å². The van der Waals surface area contributed by atoms with Gasteiger partial charge in [0.15, 0.2) is 9.84 Å². The van der Waals surface area contributed by atoms with Crippen molar-refractivity contribution in [2.45, 2.75) is 31.6 Å². The molecule has 1 rings (SSSR count). The van der Waals surface area contributed by atoms with E-state index in [9.17, 15) is 21.6 Å². The fourth-order valence-electron chi connectivity index (χ4n) is 1.70. The Morgan fingerprint density at radius 3 is 2.38 bits per heavy atom. The number of hydrogen-bond acceptors (Lipinski definition) is 7. The molecule has 0 aromatic heterocycles. The molecule has 0 bridgehead atoms. The van der Waals surface area contributed by atoms with Crippen LogP contribution in [0.15, 0.2) is 0 Å². The molecular formula is C11H21NO7S2. The van der Waals surface area contributed by atoms with Crippen LogP contribution in [0.5, 0.6) is 0 Å². The van der Waals surface area contributed by atoms with Crippen LogP contribution in [-0.2, 0) is 28.9 Å². The first-order valence-corrected chi connectivity index (χ1v) is 9.87. The number of sulfone groups is 1. The van der Waals surface area contributed by atoms with Crippen LogP contribution in [0, 0.1) is 0 Å². The second kappa shape index (κ2) is 6.09. The predicted octanol–water partition coefficient (Wildman–Crippen LogP) is -0.00330. The van der Waals surface area contributed by atoms with E-state index in [1.54, 1.807) is 20.8 Å². The molecule has 0 saturated carbocycles. The van der Waals surface area contributed by atoms with E-state index in [4.69, 9.17) is 4.74 Å². The molecule has 1 unspecified atom stereocenters. The molecule has 1 atom stereocenters. The van der Waals surface area contributed by atoms with Gasteiger partial charge in [0, 0.05) is 13.1 Å². The zero-order valence-corrected chi connectivity index (χ0v) is 14.2. The van der Waals surface area contributed by atoms with Crippen molar-refractivity contribution in [2.24, 2.45) is 0 Å². The highest BCUT2D eigenvalue weighted by atomic mass is 32.2. The summed E-state index contributed by atoms with van der Waals surface area (Å²) < 4.78 is 55.4. The summed E-state index contributed by atoms with van der Waals surface area (Å²) in [5.41, 5.74) is -0.688. The van der Waals surface area contributed by atoms with E-state index in [0.29, 0.717) is 0 Å². The van der Waals surface area contributed by atoms with Gasteiger partial charge in [0.1, 0.15) is 10.9 Å². The maximum atomic E-state index is 11.9. The van der Waals surface area contributed by atoms with Gasteiger partial charge in [-0.3, -0.25) is 4.18 Å². The van der Waals surface area contributed by atoms with Crippen molar-refractivity contribution in [2.75, 3.05) is 31.7 Å². The van der Waals surface area contributed by atoms with Gasteiger partial charge in [-0.15, -0.1) is 0 Å². The molecule has 21 heavy (non-hydrogen) atoms. The first kappa shape index (κ1) is 18.2. The summed E-state index contributed by atoms with van der Waals surface area (Å²) in [6, 6.07) is 0. The van der Waals surface area contributed by atoms with Crippen LogP contribution in [0.3, 0.4) is 0 Å². The molecule has 8 nitrogen and oxygen atoms in total. The van der Waals surface area contributed by atoms with Crippen molar-refractivity contribution in [1.29, 1.82) is 0 Å². The van der Waals surface area contributed by atoms with E-state index >= 15 is 0 Å². The number of nitrogens with zero attached hydrogens (tertiary/aromatic N) is 1. The minimum atomic E-state index is -3.74. The summed E-state index contributed by atoms with van der Waals surface area (Å²) in [4.78, 5) is 13.2. The molecule has 0 aromatic carbocycles. The summed E-state index contributed by atoms with van der Waals surface area (Å²) in [6.45, 7) is 4.49. The molecule has 10 heteroatoms. The van der Waals surface area contributed by atoms with E-state index in [1.165, 1.54) is 4.90 Å². The predicted molar refractivity (Wildman–Crippen MR) is 76.2 cm³/mol. The van der Waals surface area contributed by atoms with Crippen LogP contribution in [-0.4, -0.2) is 70.4 Å². The number of amides is 1. The Morgan fingerprint density at radius 2 is 1.90 bits per heavy atom. The lowest BCUT2D eigenvalue weighted by Crippen LogP contribution is -2.52. The molecule has 1 saturated heterocycles. The highest BCUT2D eigenvalue weighted by molar-refractivity contribution is 7.92. The normalized spacial score (nSPS) is 22.9. The standard InChI is InChI=1S/C11H21NO7S2/c1-11(2,3)19-10(13)12-5-6-21(16,17)9(7-12)8-18-20(4,14)15/h9H,5-8H2,1-4H3. The van der Waals surface area contributed by atoms with Crippen molar-refractivity contribution in [1.82, 2.24) is 4.90 Å². The SMILES string of the molecule is CC(C)(C)OC(=O)N1CCS(=O)(=O)C(COS(C)(=O)=O)C1. The lowest BCUT2D eigenvalue weighted by molar-refractivity contribution is 0.0248. The highest BCUT2D eigenvalue weighted by Gasteiger charge is 2.37. The minimum Gasteiger partial charge on any atom is -0.444 e. The fraction of sp³-hybridized carbons (Fsp3) is 0.909. The molecule has 1 aliphatic heterocycles. The smallest absolute Gasteiger partial charge is 0.410 e. The summed E-state index contributed by atoms with van der Waals surface area (Å²) >= 11 is 0. The largest absolute Gasteiger partial charge is 0.444 e.